The summed E-state index contributed by atoms with van der Waals surface area (Å²) in [5.74, 6) is 0.240. The molecular formula is C17H17FN4O2S2. The zero-order valence-electron chi connectivity index (χ0n) is 14.0. The van der Waals surface area contributed by atoms with Crippen LogP contribution in [0.2, 0.25) is 0 Å². The predicted octanol–water partition coefficient (Wildman–Crippen LogP) is 3.35. The number of amides is 1. The molecule has 0 radical (unpaired) electrons. The Bertz CT molecular complexity index is 936. The normalized spacial score (nSPS) is 10.7. The molecule has 136 valence electrons. The number of nitrogens with zero attached hydrogens (tertiary/aromatic N) is 3. The van der Waals surface area contributed by atoms with E-state index in [0.29, 0.717) is 17.1 Å². The van der Waals surface area contributed by atoms with Crippen LogP contribution in [0.5, 0.6) is 5.75 Å². The molecule has 0 aliphatic heterocycles. The lowest BCUT2D eigenvalue weighted by Gasteiger charge is -2.18. The number of aromatic nitrogens is 3. The summed E-state index contributed by atoms with van der Waals surface area (Å²) in [6.07, 6.45) is 0. The number of nitrogens with one attached hydrogen (secondary N) is 1. The van der Waals surface area contributed by atoms with E-state index in [2.05, 4.69) is 10.2 Å². The lowest BCUT2D eigenvalue weighted by Crippen LogP contribution is -2.33. The van der Waals surface area contributed by atoms with Gasteiger partial charge in [0, 0.05) is 7.05 Å². The number of thiophene rings is 1. The molecule has 0 unspecified atom stereocenters. The monoisotopic (exact) mass is 392 g/mol. The molecule has 0 spiro atoms. The molecule has 0 aliphatic carbocycles. The van der Waals surface area contributed by atoms with Gasteiger partial charge in [0.15, 0.2) is 22.2 Å². The van der Waals surface area contributed by atoms with E-state index < -0.39 is 5.82 Å². The first-order chi connectivity index (χ1) is 12.6. The van der Waals surface area contributed by atoms with Crippen molar-refractivity contribution in [3.05, 3.63) is 52.4 Å². The maximum Gasteiger partial charge on any atom is 0.242 e. The maximum absolute atomic E-state index is 13.5. The molecule has 1 amide bonds. The lowest BCUT2D eigenvalue weighted by atomic mass is 10.3. The molecule has 0 bridgehead atoms. The van der Waals surface area contributed by atoms with E-state index in [1.54, 1.807) is 29.8 Å². The van der Waals surface area contributed by atoms with Crippen LogP contribution in [0.4, 0.5) is 4.39 Å². The Labute approximate surface area is 158 Å². The van der Waals surface area contributed by atoms with Crippen LogP contribution in [0, 0.1) is 10.6 Å². The van der Waals surface area contributed by atoms with Crippen LogP contribution in [0.25, 0.3) is 10.7 Å². The quantitative estimate of drug-likeness (QED) is 0.627. The first-order valence-corrected chi connectivity index (χ1v) is 9.15. The highest BCUT2D eigenvalue weighted by molar-refractivity contribution is 7.71. The number of H-pyrrole nitrogens is 1. The van der Waals surface area contributed by atoms with Gasteiger partial charge in [0.25, 0.3) is 0 Å². The molecular weight excluding hydrogens is 375 g/mol. The van der Waals surface area contributed by atoms with Crippen LogP contribution in [-0.2, 0) is 11.3 Å². The highest BCUT2D eigenvalue weighted by atomic mass is 32.1. The average Bonchev–Trinajstić information content (AvgIpc) is 3.27. The summed E-state index contributed by atoms with van der Waals surface area (Å²) in [6, 6.07) is 10.0. The summed E-state index contributed by atoms with van der Waals surface area (Å²) in [7, 11) is 1.67. The van der Waals surface area contributed by atoms with Crippen LogP contribution in [-0.4, -0.2) is 45.8 Å². The topological polar surface area (TPSA) is 63.1 Å². The van der Waals surface area contributed by atoms with Gasteiger partial charge in [0.05, 0.1) is 11.4 Å². The van der Waals surface area contributed by atoms with Crippen molar-refractivity contribution >= 4 is 29.5 Å². The van der Waals surface area contributed by atoms with Crippen molar-refractivity contribution in [2.24, 2.45) is 0 Å². The SMILES string of the molecule is CN(CCOc1ccccc1F)C(=O)Cn1c(-c2cccs2)n[nH]c1=S. The molecule has 2 aromatic heterocycles. The number of likely N-dealkylation sites (N-methyl/N-ethyl adjacent to an activating group) is 1. The van der Waals surface area contributed by atoms with E-state index in [4.69, 9.17) is 17.0 Å². The summed E-state index contributed by atoms with van der Waals surface area (Å²) >= 11 is 6.75. The fraction of sp³-hybridized carbons (Fsp3) is 0.235. The summed E-state index contributed by atoms with van der Waals surface area (Å²) in [5.41, 5.74) is 0. The zero-order chi connectivity index (χ0) is 18.5. The smallest absolute Gasteiger partial charge is 0.242 e. The molecule has 0 saturated carbocycles. The Morgan fingerprint density at radius 2 is 2.19 bits per heavy atom. The van der Waals surface area contributed by atoms with E-state index in [-0.39, 0.29) is 24.8 Å². The number of ether oxygens (including phenoxy) is 1. The van der Waals surface area contributed by atoms with E-state index in [1.165, 1.54) is 22.3 Å². The van der Waals surface area contributed by atoms with Gasteiger partial charge < -0.3 is 9.64 Å². The van der Waals surface area contributed by atoms with E-state index >= 15 is 0 Å². The predicted molar refractivity (Wildman–Crippen MR) is 100 cm³/mol. The minimum Gasteiger partial charge on any atom is -0.489 e. The van der Waals surface area contributed by atoms with Gasteiger partial charge in [-0.1, -0.05) is 18.2 Å². The zero-order valence-corrected chi connectivity index (χ0v) is 15.6. The van der Waals surface area contributed by atoms with Crippen LogP contribution < -0.4 is 4.74 Å². The van der Waals surface area contributed by atoms with Crippen molar-refractivity contribution in [1.82, 2.24) is 19.7 Å². The van der Waals surface area contributed by atoms with Crippen LogP contribution in [0.15, 0.2) is 41.8 Å². The Kier molecular flexibility index (Phi) is 5.79. The number of hydrogen-bond donors (Lipinski definition) is 1. The highest BCUT2D eigenvalue weighted by Gasteiger charge is 2.16. The Balaban J connectivity index is 1.59. The third-order valence-corrected chi connectivity index (χ3v) is 4.92. The molecule has 1 N–H and O–H groups in total. The largest absolute Gasteiger partial charge is 0.489 e. The summed E-state index contributed by atoms with van der Waals surface area (Å²) in [4.78, 5) is 14.9. The average molecular weight is 392 g/mol. The number of halogens is 1. The van der Waals surface area contributed by atoms with Crippen molar-refractivity contribution in [2.75, 3.05) is 20.2 Å². The Morgan fingerprint density at radius 3 is 2.92 bits per heavy atom. The van der Waals surface area contributed by atoms with Crippen molar-refractivity contribution in [3.8, 4) is 16.5 Å². The van der Waals surface area contributed by atoms with E-state index in [0.717, 1.165) is 4.88 Å². The Hall–Kier alpha value is -2.52. The van der Waals surface area contributed by atoms with E-state index in [1.807, 2.05) is 17.5 Å². The molecule has 0 aliphatic rings. The van der Waals surface area contributed by atoms with Crippen molar-refractivity contribution in [3.63, 3.8) is 0 Å². The minimum atomic E-state index is -0.424. The second-order valence-corrected chi connectivity index (χ2v) is 6.84. The Morgan fingerprint density at radius 1 is 1.38 bits per heavy atom. The number of rotatable bonds is 7. The van der Waals surface area contributed by atoms with Gasteiger partial charge >= 0.3 is 0 Å². The number of aromatic amines is 1. The number of carbonyl (C=O) groups is 1. The molecule has 6 nitrogen and oxygen atoms in total. The molecule has 1 aromatic carbocycles. The van der Waals surface area contributed by atoms with Crippen molar-refractivity contribution in [1.29, 1.82) is 0 Å². The summed E-state index contributed by atoms with van der Waals surface area (Å²) in [5, 5.41) is 8.86. The summed E-state index contributed by atoms with van der Waals surface area (Å²) in [6.45, 7) is 0.586. The molecule has 9 heteroatoms. The van der Waals surface area contributed by atoms with Crippen LogP contribution in [0.3, 0.4) is 0 Å². The minimum absolute atomic E-state index is 0.0682. The molecule has 3 aromatic rings. The van der Waals surface area contributed by atoms with Gasteiger partial charge in [0.2, 0.25) is 5.91 Å². The van der Waals surface area contributed by atoms with Gasteiger partial charge in [-0.2, -0.15) is 5.10 Å². The molecule has 2 heterocycles. The first kappa shape index (κ1) is 18.3. The fourth-order valence-corrected chi connectivity index (χ4v) is 3.21. The van der Waals surface area contributed by atoms with Gasteiger partial charge in [-0.05, 0) is 35.8 Å². The highest BCUT2D eigenvalue weighted by Crippen LogP contribution is 2.22. The maximum atomic E-state index is 13.5. The second kappa shape index (κ2) is 8.24. The van der Waals surface area contributed by atoms with Crippen molar-refractivity contribution in [2.45, 2.75) is 6.54 Å². The van der Waals surface area contributed by atoms with E-state index in [9.17, 15) is 9.18 Å². The molecule has 26 heavy (non-hydrogen) atoms. The number of carbonyl (C=O) groups excluding carboxylic acids is 1. The number of hydrogen-bond acceptors (Lipinski definition) is 5. The first-order valence-electron chi connectivity index (χ1n) is 7.86. The van der Waals surface area contributed by atoms with Crippen molar-refractivity contribution < 1.29 is 13.9 Å². The van der Waals surface area contributed by atoms with Gasteiger partial charge in [0.1, 0.15) is 13.2 Å². The fourth-order valence-electron chi connectivity index (χ4n) is 2.29. The van der Waals surface area contributed by atoms with Crippen LogP contribution in [0.1, 0.15) is 0 Å². The second-order valence-electron chi connectivity index (χ2n) is 5.51. The number of benzene rings is 1. The molecule has 0 saturated heterocycles. The molecule has 0 atom stereocenters. The lowest BCUT2D eigenvalue weighted by molar-refractivity contribution is -0.130. The third kappa shape index (κ3) is 4.17. The molecule has 3 rings (SSSR count). The van der Waals surface area contributed by atoms with Crippen LogP contribution >= 0.6 is 23.6 Å². The summed E-state index contributed by atoms with van der Waals surface area (Å²) < 4.78 is 21.0. The van der Waals surface area contributed by atoms with Gasteiger partial charge in [-0.3, -0.25) is 14.5 Å². The standard InChI is InChI=1S/C17H17FN4O2S2/c1-21(8-9-24-13-6-3-2-5-12(13)18)15(23)11-22-16(19-20-17(22)25)14-7-4-10-26-14/h2-7,10H,8-9,11H2,1H3,(H,20,25). The third-order valence-electron chi connectivity index (χ3n) is 3.74. The van der Waals surface area contributed by atoms with Gasteiger partial charge in [-0.25, -0.2) is 4.39 Å². The number of para-hydroxylation sites is 1. The van der Waals surface area contributed by atoms with Gasteiger partial charge in [-0.15, -0.1) is 11.3 Å². The molecule has 0 fully saturated rings.